The lowest BCUT2D eigenvalue weighted by Crippen LogP contribution is -2.36. The molecule has 0 fully saturated rings. The molecule has 0 saturated carbocycles. The second-order valence-corrected chi connectivity index (χ2v) is 8.21. The van der Waals surface area contributed by atoms with E-state index in [9.17, 15) is 18.8 Å². The molecule has 0 saturated heterocycles. The van der Waals surface area contributed by atoms with Crippen LogP contribution in [0.15, 0.2) is 59.5 Å². The van der Waals surface area contributed by atoms with Crippen LogP contribution in [-0.4, -0.2) is 26.3 Å². The summed E-state index contributed by atoms with van der Waals surface area (Å²) in [7, 11) is 0. The van der Waals surface area contributed by atoms with Crippen LogP contribution in [0.25, 0.3) is 11.3 Å². The monoisotopic (exact) mass is 448 g/mol. The van der Waals surface area contributed by atoms with E-state index in [-0.39, 0.29) is 30.1 Å². The van der Waals surface area contributed by atoms with Gasteiger partial charge >= 0.3 is 0 Å². The summed E-state index contributed by atoms with van der Waals surface area (Å²) in [6.07, 6.45) is 2.04. The Hall–Kier alpha value is -3.81. The average Bonchev–Trinajstić information content (AvgIpc) is 3.26. The van der Waals surface area contributed by atoms with E-state index in [1.165, 1.54) is 35.0 Å². The van der Waals surface area contributed by atoms with Crippen molar-refractivity contribution in [3.63, 3.8) is 0 Å². The summed E-state index contributed by atoms with van der Waals surface area (Å²) in [6.45, 7) is 4.35. The van der Waals surface area contributed by atoms with Gasteiger partial charge in [0.05, 0.1) is 11.9 Å². The van der Waals surface area contributed by atoms with E-state index in [1.54, 1.807) is 11.8 Å². The van der Waals surface area contributed by atoms with Crippen molar-refractivity contribution in [2.24, 2.45) is 5.92 Å². The third-order valence-electron chi connectivity index (χ3n) is 5.98. The van der Waals surface area contributed by atoms with Gasteiger partial charge in [0.1, 0.15) is 12.4 Å². The van der Waals surface area contributed by atoms with Crippen molar-refractivity contribution in [2.45, 2.75) is 39.9 Å². The first-order valence-corrected chi connectivity index (χ1v) is 10.9. The van der Waals surface area contributed by atoms with E-state index in [0.717, 1.165) is 11.1 Å². The highest BCUT2D eigenvalue weighted by Gasteiger charge is 2.25. The number of carbonyl (C=O) groups excluding carboxylic acids is 2. The van der Waals surface area contributed by atoms with Crippen molar-refractivity contribution in [3.05, 3.63) is 82.0 Å². The normalized spacial score (nSPS) is 13.5. The molecule has 1 aliphatic heterocycles. The quantitative estimate of drug-likeness (QED) is 0.625. The highest BCUT2D eigenvalue weighted by Crippen LogP contribution is 2.24. The number of carbonyl (C=O) groups is 2. The number of halogens is 1. The number of hydrogen-bond acceptors (Lipinski definition) is 4. The largest absolute Gasteiger partial charge is 0.332 e. The predicted molar refractivity (Wildman–Crippen MR) is 123 cm³/mol. The smallest absolute Gasteiger partial charge is 0.294 e. The third kappa shape index (κ3) is 4.69. The van der Waals surface area contributed by atoms with E-state index < -0.39 is 11.4 Å². The molecule has 0 spiro atoms. The average molecular weight is 448 g/mol. The third-order valence-corrected chi connectivity index (χ3v) is 5.98. The van der Waals surface area contributed by atoms with Crippen LogP contribution in [0.2, 0.25) is 0 Å². The number of nitrogens with zero attached hydrogens (tertiary/aromatic N) is 3. The van der Waals surface area contributed by atoms with E-state index in [2.05, 4.69) is 10.3 Å². The van der Waals surface area contributed by atoms with E-state index in [4.69, 9.17) is 0 Å². The molecule has 33 heavy (non-hydrogen) atoms. The number of benzene rings is 2. The maximum atomic E-state index is 13.5. The van der Waals surface area contributed by atoms with Gasteiger partial charge in [0.15, 0.2) is 5.82 Å². The molecule has 2 aromatic carbocycles. The van der Waals surface area contributed by atoms with Crippen molar-refractivity contribution >= 4 is 17.6 Å². The summed E-state index contributed by atoms with van der Waals surface area (Å²) in [5, 5.41) is 2.58. The maximum absolute atomic E-state index is 13.5. The standard InChI is InChI=1S/C25H25FN4O3/c1-3-16(2)24(32)28-23-25(33)30(21(12-27-23)17-8-10-20(26)11-9-17)15-22(31)29-13-18-6-4-5-7-19(18)14-29/h4-12,16H,3,13-15H2,1-2H3,(H,27,28,32)/t16-/m1/s1. The Morgan fingerprint density at radius 3 is 2.33 bits per heavy atom. The van der Waals surface area contributed by atoms with Crippen LogP contribution in [0.4, 0.5) is 10.2 Å². The first kappa shape index (κ1) is 22.4. The number of amides is 2. The van der Waals surface area contributed by atoms with Gasteiger partial charge in [0, 0.05) is 24.6 Å². The van der Waals surface area contributed by atoms with Crippen LogP contribution in [0.1, 0.15) is 31.4 Å². The second kappa shape index (κ2) is 9.36. The molecule has 3 aromatic rings. The summed E-state index contributed by atoms with van der Waals surface area (Å²) in [6, 6.07) is 13.4. The predicted octanol–water partition coefficient (Wildman–Crippen LogP) is 3.58. The lowest BCUT2D eigenvalue weighted by atomic mass is 10.1. The first-order chi connectivity index (χ1) is 15.9. The fourth-order valence-corrected chi connectivity index (χ4v) is 3.75. The molecule has 170 valence electrons. The van der Waals surface area contributed by atoms with Gasteiger partial charge in [-0.15, -0.1) is 0 Å². The van der Waals surface area contributed by atoms with Gasteiger partial charge in [-0.05, 0) is 41.8 Å². The van der Waals surface area contributed by atoms with E-state index >= 15 is 0 Å². The van der Waals surface area contributed by atoms with Crippen LogP contribution < -0.4 is 10.9 Å². The van der Waals surface area contributed by atoms with E-state index in [0.29, 0.717) is 30.8 Å². The van der Waals surface area contributed by atoms with Crippen LogP contribution in [0.3, 0.4) is 0 Å². The van der Waals surface area contributed by atoms with Crippen molar-refractivity contribution in [2.75, 3.05) is 5.32 Å². The molecule has 0 radical (unpaired) electrons. The lowest BCUT2D eigenvalue weighted by Gasteiger charge is -2.19. The number of anilines is 1. The lowest BCUT2D eigenvalue weighted by molar-refractivity contribution is -0.132. The van der Waals surface area contributed by atoms with Crippen LogP contribution in [-0.2, 0) is 29.2 Å². The highest BCUT2D eigenvalue weighted by atomic mass is 19.1. The van der Waals surface area contributed by atoms with Crippen molar-refractivity contribution in [1.82, 2.24) is 14.5 Å². The fraction of sp³-hybridized carbons (Fsp3) is 0.280. The minimum Gasteiger partial charge on any atom is -0.332 e. The molecule has 7 nitrogen and oxygen atoms in total. The highest BCUT2D eigenvalue weighted by molar-refractivity contribution is 5.91. The number of hydrogen-bond donors (Lipinski definition) is 1. The van der Waals surface area contributed by atoms with Gasteiger partial charge in [-0.2, -0.15) is 0 Å². The molecule has 0 bridgehead atoms. The Bertz CT molecular complexity index is 1230. The molecule has 8 heteroatoms. The van der Waals surface area contributed by atoms with Gasteiger partial charge in [-0.25, -0.2) is 9.37 Å². The van der Waals surface area contributed by atoms with Gasteiger partial charge in [-0.1, -0.05) is 38.1 Å². The Morgan fingerprint density at radius 2 is 1.73 bits per heavy atom. The number of aromatic nitrogens is 2. The molecule has 1 aromatic heterocycles. The summed E-state index contributed by atoms with van der Waals surface area (Å²) >= 11 is 0. The SMILES string of the molecule is CC[C@@H](C)C(=O)Nc1ncc(-c2ccc(F)cc2)n(CC(=O)N2Cc3ccccc3C2)c1=O. The summed E-state index contributed by atoms with van der Waals surface area (Å²) in [5.74, 6) is -1.39. The molecule has 1 atom stereocenters. The van der Waals surface area contributed by atoms with Gasteiger partial charge in [0.2, 0.25) is 11.8 Å². The fourth-order valence-electron chi connectivity index (χ4n) is 3.75. The molecule has 1 N–H and O–H groups in total. The van der Waals surface area contributed by atoms with Gasteiger partial charge < -0.3 is 10.2 Å². The molecular formula is C25H25FN4O3. The number of fused-ring (bicyclic) bond motifs is 1. The first-order valence-electron chi connectivity index (χ1n) is 10.9. The topological polar surface area (TPSA) is 84.3 Å². The van der Waals surface area contributed by atoms with E-state index in [1.807, 2.05) is 31.2 Å². The molecule has 2 heterocycles. The number of nitrogens with one attached hydrogen (secondary N) is 1. The molecule has 1 aliphatic rings. The maximum Gasteiger partial charge on any atom is 0.294 e. The minimum absolute atomic E-state index is 0.135. The van der Waals surface area contributed by atoms with Crippen LogP contribution in [0, 0.1) is 11.7 Å². The Kier molecular flexibility index (Phi) is 6.35. The van der Waals surface area contributed by atoms with Crippen LogP contribution >= 0.6 is 0 Å². The number of rotatable bonds is 6. The van der Waals surface area contributed by atoms with Crippen molar-refractivity contribution in [1.29, 1.82) is 0 Å². The zero-order valence-corrected chi connectivity index (χ0v) is 18.5. The summed E-state index contributed by atoms with van der Waals surface area (Å²) < 4.78 is 14.7. The minimum atomic E-state index is -0.585. The second-order valence-electron chi connectivity index (χ2n) is 8.21. The molecule has 2 amide bonds. The Morgan fingerprint density at radius 1 is 1.09 bits per heavy atom. The Balaban J connectivity index is 1.68. The molecular weight excluding hydrogens is 423 g/mol. The van der Waals surface area contributed by atoms with Gasteiger partial charge in [-0.3, -0.25) is 19.0 Å². The van der Waals surface area contributed by atoms with Gasteiger partial charge in [0.25, 0.3) is 5.56 Å². The van der Waals surface area contributed by atoms with Crippen molar-refractivity contribution in [3.8, 4) is 11.3 Å². The zero-order chi connectivity index (χ0) is 23.5. The molecule has 4 rings (SSSR count). The molecule has 0 aliphatic carbocycles. The zero-order valence-electron chi connectivity index (χ0n) is 18.5. The Labute approximate surface area is 190 Å². The summed E-state index contributed by atoms with van der Waals surface area (Å²) in [4.78, 5) is 44.6. The summed E-state index contributed by atoms with van der Waals surface area (Å²) in [5.41, 5.74) is 2.48. The van der Waals surface area contributed by atoms with Crippen molar-refractivity contribution < 1.29 is 14.0 Å². The van der Waals surface area contributed by atoms with Crippen LogP contribution in [0.5, 0.6) is 0 Å². The molecule has 0 unspecified atom stereocenters.